The summed E-state index contributed by atoms with van der Waals surface area (Å²) >= 11 is 1.67. The number of carboxylic acid groups (broad SMARTS) is 1. The molecule has 176 valence electrons. The van der Waals surface area contributed by atoms with E-state index in [-0.39, 0.29) is 35.9 Å². The van der Waals surface area contributed by atoms with Gasteiger partial charge in [-0.15, -0.1) is 0 Å². The Kier molecular flexibility index (Phi) is 11.3. The van der Waals surface area contributed by atoms with Crippen molar-refractivity contribution in [2.24, 2.45) is 17.8 Å². The van der Waals surface area contributed by atoms with Crippen LogP contribution in [0, 0.1) is 17.8 Å². The predicted molar refractivity (Wildman–Crippen MR) is 126 cm³/mol. The zero-order valence-corrected chi connectivity index (χ0v) is 19.7. The molecule has 0 heterocycles. The van der Waals surface area contributed by atoms with Gasteiger partial charge in [0.25, 0.3) is 0 Å². The van der Waals surface area contributed by atoms with Gasteiger partial charge in [-0.1, -0.05) is 44.1 Å². The zero-order valence-electron chi connectivity index (χ0n) is 18.9. The average molecular weight is 453 g/mol. The molecule has 0 amide bonds. The first-order chi connectivity index (χ1) is 14.9. The zero-order chi connectivity index (χ0) is 22.7. The van der Waals surface area contributed by atoms with Crippen molar-refractivity contribution in [3.8, 4) is 0 Å². The van der Waals surface area contributed by atoms with Crippen LogP contribution in [0.3, 0.4) is 0 Å². The molecule has 0 aromatic carbocycles. The molecule has 0 aromatic heterocycles. The Bertz CT molecular complexity index is 627. The van der Waals surface area contributed by atoms with Crippen LogP contribution in [0.4, 0.5) is 0 Å². The maximum absolute atomic E-state index is 12.7. The second-order valence-electron chi connectivity index (χ2n) is 9.09. The van der Waals surface area contributed by atoms with Crippen LogP contribution in [0.15, 0.2) is 24.3 Å². The van der Waals surface area contributed by atoms with Gasteiger partial charge in [-0.25, -0.2) is 0 Å². The number of carbonyl (C=O) groups is 2. The molecule has 6 heteroatoms. The summed E-state index contributed by atoms with van der Waals surface area (Å²) in [7, 11) is 0. The van der Waals surface area contributed by atoms with E-state index in [1.54, 1.807) is 11.8 Å². The van der Waals surface area contributed by atoms with Gasteiger partial charge in [-0.2, -0.15) is 11.8 Å². The van der Waals surface area contributed by atoms with Gasteiger partial charge >= 0.3 is 5.97 Å². The van der Waals surface area contributed by atoms with Crippen molar-refractivity contribution in [2.45, 2.75) is 88.4 Å². The third-order valence-corrected chi connectivity index (χ3v) is 7.91. The van der Waals surface area contributed by atoms with E-state index in [1.165, 1.54) is 0 Å². The van der Waals surface area contributed by atoms with E-state index in [1.807, 2.05) is 12.2 Å². The molecule has 2 fully saturated rings. The summed E-state index contributed by atoms with van der Waals surface area (Å²) < 4.78 is 0. The number of aliphatic hydroxyl groups excluding tert-OH is 1. The van der Waals surface area contributed by atoms with Crippen molar-refractivity contribution in [3.05, 3.63) is 24.3 Å². The van der Waals surface area contributed by atoms with E-state index in [4.69, 9.17) is 5.11 Å². The number of Topliss-reactive ketones (excluding diaryl/α,β-unsaturated/α-hetero) is 1. The third kappa shape index (κ3) is 8.74. The minimum atomic E-state index is -0.779. The number of unbranched alkanes of at least 4 members (excludes halogenated alkanes) is 2. The number of aliphatic carboxylic acids is 1. The molecule has 0 spiro atoms. The van der Waals surface area contributed by atoms with Gasteiger partial charge in [0.1, 0.15) is 5.78 Å². The van der Waals surface area contributed by atoms with E-state index < -0.39 is 11.6 Å². The molecule has 2 aliphatic carbocycles. The Morgan fingerprint density at radius 3 is 2.65 bits per heavy atom. The molecule has 0 aromatic rings. The summed E-state index contributed by atoms with van der Waals surface area (Å²) in [5, 5.41) is 29.3. The Balaban J connectivity index is 1.98. The minimum Gasteiger partial charge on any atom is -0.481 e. The van der Waals surface area contributed by atoms with Gasteiger partial charge in [0.05, 0.1) is 12.2 Å². The van der Waals surface area contributed by atoms with Gasteiger partial charge < -0.3 is 15.3 Å². The first-order valence-corrected chi connectivity index (χ1v) is 13.0. The number of thioether (sulfide) groups is 1. The summed E-state index contributed by atoms with van der Waals surface area (Å²) in [5.74, 6) is 0.568. The molecule has 0 saturated heterocycles. The lowest BCUT2D eigenvalue weighted by atomic mass is 9.86. The van der Waals surface area contributed by atoms with Gasteiger partial charge in [0.2, 0.25) is 0 Å². The van der Waals surface area contributed by atoms with Crippen LogP contribution in [-0.2, 0) is 9.59 Å². The van der Waals surface area contributed by atoms with E-state index in [0.29, 0.717) is 43.8 Å². The molecule has 3 N–H and O–H groups in total. The summed E-state index contributed by atoms with van der Waals surface area (Å²) in [6.07, 6.45) is 16.8. The topological polar surface area (TPSA) is 94.8 Å². The lowest BCUT2D eigenvalue weighted by Crippen LogP contribution is -2.30. The molecule has 5 nitrogen and oxygen atoms in total. The molecule has 2 rings (SSSR count). The first kappa shape index (κ1) is 26.1. The van der Waals surface area contributed by atoms with Crippen molar-refractivity contribution in [2.75, 3.05) is 12.4 Å². The number of rotatable bonds is 16. The van der Waals surface area contributed by atoms with Crippen molar-refractivity contribution in [1.29, 1.82) is 0 Å². The van der Waals surface area contributed by atoms with Gasteiger partial charge in [-0.3, -0.25) is 9.59 Å². The van der Waals surface area contributed by atoms with Crippen molar-refractivity contribution >= 4 is 23.5 Å². The lowest BCUT2D eigenvalue weighted by Gasteiger charge is -2.27. The minimum absolute atomic E-state index is 0.0761. The Morgan fingerprint density at radius 1 is 1.23 bits per heavy atom. The van der Waals surface area contributed by atoms with Crippen LogP contribution in [-0.4, -0.2) is 50.3 Å². The van der Waals surface area contributed by atoms with E-state index in [2.05, 4.69) is 19.1 Å². The Hall–Kier alpha value is -1.11. The predicted octanol–water partition coefficient (Wildman–Crippen LogP) is 4.76. The monoisotopic (exact) mass is 452 g/mol. The molecule has 2 saturated carbocycles. The van der Waals surface area contributed by atoms with E-state index >= 15 is 0 Å². The normalized spacial score (nSPS) is 26.2. The maximum atomic E-state index is 12.7. The number of carbonyl (C=O) groups excluding carboxylic acids is 1. The van der Waals surface area contributed by atoms with Crippen LogP contribution in [0.2, 0.25) is 0 Å². The molecule has 0 aliphatic heterocycles. The van der Waals surface area contributed by atoms with Crippen molar-refractivity contribution in [1.82, 2.24) is 0 Å². The maximum Gasteiger partial charge on any atom is 0.303 e. The highest BCUT2D eigenvalue weighted by Crippen LogP contribution is 2.45. The summed E-state index contributed by atoms with van der Waals surface area (Å²) in [6.45, 7) is 2.26. The summed E-state index contributed by atoms with van der Waals surface area (Å²) in [6, 6.07) is 0. The number of carboxylic acids is 1. The molecular formula is C25H40O5S. The molecule has 1 unspecified atom stereocenters. The Morgan fingerprint density at radius 2 is 2.00 bits per heavy atom. The smallest absolute Gasteiger partial charge is 0.303 e. The lowest BCUT2D eigenvalue weighted by molar-refractivity contribution is -0.137. The van der Waals surface area contributed by atoms with Crippen molar-refractivity contribution < 1.29 is 24.9 Å². The second kappa shape index (κ2) is 13.4. The fourth-order valence-corrected chi connectivity index (χ4v) is 5.81. The highest BCUT2D eigenvalue weighted by atomic mass is 32.2. The average Bonchev–Trinajstić information content (AvgIpc) is 3.55. The molecular weight excluding hydrogens is 412 g/mol. The van der Waals surface area contributed by atoms with Gasteiger partial charge in [-0.05, 0) is 56.8 Å². The Labute approximate surface area is 191 Å². The number of allylic oxidation sites excluding steroid dienone is 3. The van der Waals surface area contributed by atoms with Crippen molar-refractivity contribution in [3.63, 3.8) is 0 Å². The third-order valence-electron chi connectivity index (χ3n) is 6.58. The van der Waals surface area contributed by atoms with Gasteiger partial charge in [0.15, 0.2) is 0 Å². The highest BCUT2D eigenvalue weighted by molar-refractivity contribution is 8.00. The van der Waals surface area contributed by atoms with Crippen LogP contribution in [0.25, 0.3) is 0 Å². The second-order valence-corrected chi connectivity index (χ2v) is 10.4. The summed E-state index contributed by atoms with van der Waals surface area (Å²) in [5.41, 5.74) is -0.609. The SMILES string of the molecule is CCCCC(O)(C/C=C/[C@H]1[C@H](SCCO)CC(=O)[C@@H]1C/C=C\CCCC(=O)O)C1CC1. The molecule has 31 heavy (non-hydrogen) atoms. The number of hydrogen-bond donors (Lipinski definition) is 3. The van der Waals surface area contributed by atoms with Crippen LogP contribution in [0.5, 0.6) is 0 Å². The molecule has 2 aliphatic rings. The number of hydrogen-bond acceptors (Lipinski definition) is 5. The number of ketones is 1. The van der Waals surface area contributed by atoms with Crippen LogP contribution in [0.1, 0.15) is 77.6 Å². The van der Waals surface area contributed by atoms with E-state index in [9.17, 15) is 19.8 Å². The largest absolute Gasteiger partial charge is 0.481 e. The highest BCUT2D eigenvalue weighted by Gasteiger charge is 2.43. The molecule has 0 bridgehead atoms. The first-order valence-electron chi connectivity index (χ1n) is 11.9. The van der Waals surface area contributed by atoms with Crippen LogP contribution >= 0.6 is 11.8 Å². The standard InChI is InChI=1S/C25H40O5S/c1-2-3-14-25(30,19-12-13-19)15-8-10-21-20(9-6-4-5-7-11-24(28)29)22(27)18-23(21)31-17-16-26/h4,6,8,10,19-21,23,26,30H,2-3,5,7,9,11-18H2,1H3,(H,28,29)/b6-4-,10-8+/t20-,21-,23-,25?/m1/s1. The fraction of sp³-hybridized carbons (Fsp3) is 0.760. The van der Waals surface area contributed by atoms with Crippen LogP contribution < -0.4 is 0 Å². The molecule has 4 atom stereocenters. The summed E-state index contributed by atoms with van der Waals surface area (Å²) in [4.78, 5) is 23.3. The molecule has 0 radical (unpaired) electrons. The van der Waals surface area contributed by atoms with E-state index in [0.717, 1.165) is 32.1 Å². The fourth-order valence-electron chi connectivity index (χ4n) is 4.62. The quantitative estimate of drug-likeness (QED) is 0.231. The van der Waals surface area contributed by atoms with Gasteiger partial charge in [0, 0.05) is 29.8 Å². The number of aliphatic hydroxyl groups is 2.